The van der Waals surface area contributed by atoms with Crippen molar-refractivity contribution in [3.8, 4) is 0 Å². The summed E-state index contributed by atoms with van der Waals surface area (Å²) in [7, 11) is 0. The standard InChI is InChI=1S/C12H23OS2/c1-2-14-10-7-4-8-12-15-11-6-3-5-9-13/h2-8,10-12H2,1H3. The van der Waals surface area contributed by atoms with Crippen LogP contribution in [0.3, 0.4) is 0 Å². The highest BCUT2D eigenvalue weighted by Gasteiger charge is 1.92. The van der Waals surface area contributed by atoms with Gasteiger partial charge in [0.15, 0.2) is 6.29 Å². The fraction of sp³-hybridized carbons (Fsp3) is 0.917. The zero-order chi connectivity index (χ0) is 11.2. The lowest BCUT2D eigenvalue weighted by Gasteiger charge is -2.01. The molecule has 0 saturated heterocycles. The van der Waals surface area contributed by atoms with Gasteiger partial charge in [0.2, 0.25) is 0 Å². The fourth-order valence-corrected chi connectivity index (χ4v) is 2.95. The van der Waals surface area contributed by atoms with Crippen molar-refractivity contribution in [1.82, 2.24) is 0 Å². The molecule has 0 aliphatic carbocycles. The van der Waals surface area contributed by atoms with Gasteiger partial charge in [-0.15, -0.1) is 0 Å². The predicted octanol–water partition coefficient (Wildman–Crippen LogP) is 3.92. The zero-order valence-electron chi connectivity index (χ0n) is 9.80. The van der Waals surface area contributed by atoms with E-state index in [4.69, 9.17) is 0 Å². The Morgan fingerprint density at radius 3 is 2.07 bits per heavy atom. The Labute approximate surface area is 103 Å². The van der Waals surface area contributed by atoms with Crippen molar-refractivity contribution in [3.05, 3.63) is 0 Å². The molecule has 0 unspecified atom stereocenters. The third-order valence-electron chi connectivity index (χ3n) is 2.10. The predicted molar refractivity (Wildman–Crippen MR) is 73.7 cm³/mol. The molecule has 89 valence electrons. The second kappa shape index (κ2) is 14.4. The van der Waals surface area contributed by atoms with Crippen LogP contribution in [-0.2, 0) is 4.79 Å². The van der Waals surface area contributed by atoms with Crippen LogP contribution < -0.4 is 0 Å². The topological polar surface area (TPSA) is 17.1 Å². The van der Waals surface area contributed by atoms with Crippen molar-refractivity contribution in [2.45, 2.75) is 45.4 Å². The Morgan fingerprint density at radius 1 is 0.867 bits per heavy atom. The van der Waals surface area contributed by atoms with E-state index in [1.807, 2.05) is 29.8 Å². The molecule has 0 saturated carbocycles. The van der Waals surface area contributed by atoms with Crippen LogP contribution in [0.1, 0.15) is 45.4 Å². The van der Waals surface area contributed by atoms with Gasteiger partial charge >= 0.3 is 0 Å². The van der Waals surface area contributed by atoms with E-state index >= 15 is 0 Å². The molecular formula is C12H23OS2. The average Bonchev–Trinajstić information content (AvgIpc) is 2.26. The molecule has 0 atom stereocenters. The van der Waals surface area contributed by atoms with Gasteiger partial charge in [-0.2, -0.15) is 23.5 Å². The maximum Gasteiger partial charge on any atom is 0.198 e. The van der Waals surface area contributed by atoms with Gasteiger partial charge < -0.3 is 0 Å². The SMILES string of the molecule is CCSCCCCCSCCCC[C]=O. The number of rotatable bonds is 12. The van der Waals surface area contributed by atoms with E-state index in [0.717, 1.165) is 6.42 Å². The summed E-state index contributed by atoms with van der Waals surface area (Å²) in [4.78, 5) is 9.93. The minimum atomic E-state index is 0.620. The number of thioether (sulfide) groups is 2. The lowest BCUT2D eigenvalue weighted by Crippen LogP contribution is -1.87. The highest BCUT2D eigenvalue weighted by molar-refractivity contribution is 7.99. The molecule has 3 heteroatoms. The first-order valence-corrected chi connectivity index (χ1v) is 8.23. The van der Waals surface area contributed by atoms with Gasteiger partial charge in [0, 0.05) is 6.42 Å². The summed E-state index contributed by atoms with van der Waals surface area (Å²) < 4.78 is 0. The Balaban J connectivity index is 2.83. The fourth-order valence-electron chi connectivity index (χ4n) is 1.23. The lowest BCUT2D eigenvalue weighted by atomic mass is 10.3. The van der Waals surface area contributed by atoms with Crippen LogP contribution in [0.25, 0.3) is 0 Å². The summed E-state index contributed by atoms with van der Waals surface area (Å²) in [5.74, 6) is 5.09. The molecule has 0 aromatic carbocycles. The summed E-state index contributed by atoms with van der Waals surface area (Å²) in [5, 5.41) is 0. The van der Waals surface area contributed by atoms with Gasteiger partial charge in [-0.25, -0.2) is 0 Å². The van der Waals surface area contributed by atoms with Gasteiger partial charge in [0.05, 0.1) is 0 Å². The summed E-state index contributed by atoms with van der Waals surface area (Å²) >= 11 is 4.07. The molecule has 0 fully saturated rings. The maximum atomic E-state index is 9.93. The van der Waals surface area contributed by atoms with Gasteiger partial charge in [0.1, 0.15) is 0 Å². The molecule has 0 amide bonds. The summed E-state index contributed by atoms with van der Waals surface area (Å²) in [6, 6.07) is 0. The first-order valence-electron chi connectivity index (χ1n) is 5.92. The van der Waals surface area contributed by atoms with Gasteiger partial charge in [-0.1, -0.05) is 13.3 Å². The smallest absolute Gasteiger partial charge is 0.198 e. The molecule has 1 nitrogen and oxygen atoms in total. The van der Waals surface area contributed by atoms with Crippen LogP contribution >= 0.6 is 23.5 Å². The molecule has 0 aromatic rings. The molecule has 1 radical (unpaired) electrons. The number of unbranched alkanes of at least 4 members (excludes halogenated alkanes) is 4. The van der Waals surface area contributed by atoms with Gasteiger partial charge in [-0.05, 0) is 48.7 Å². The van der Waals surface area contributed by atoms with Crippen LogP contribution in [0.4, 0.5) is 0 Å². The summed E-state index contributed by atoms with van der Waals surface area (Å²) in [5.41, 5.74) is 0. The van der Waals surface area contributed by atoms with E-state index in [1.165, 1.54) is 48.7 Å². The molecule has 15 heavy (non-hydrogen) atoms. The first kappa shape index (κ1) is 15.4. The van der Waals surface area contributed by atoms with Crippen molar-refractivity contribution in [1.29, 1.82) is 0 Å². The van der Waals surface area contributed by atoms with Crippen LogP contribution in [-0.4, -0.2) is 29.3 Å². The van der Waals surface area contributed by atoms with Crippen molar-refractivity contribution in [3.63, 3.8) is 0 Å². The molecule has 0 N–H and O–H groups in total. The minimum Gasteiger partial charge on any atom is -0.291 e. The zero-order valence-corrected chi connectivity index (χ0v) is 11.4. The monoisotopic (exact) mass is 247 g/mol. The molecule has 0 aromatic heterocycles. The highest BCUT2D eigenvalue weighted by atomic mass is 32.2. The highest BCUT2D eigenvalue weighted by Crippen LogP contribution is 2.11. The third-order valence-corrected chi connectivity index (χ3v) is 4.24. The van der Waals surface area contributed by atoms with Crippen LogP contribution in [0.2, 0.25) is 0 Å². The Bertz CT molecular complexity index is 129. The lowest BCUT2D eigenvalue weighted by molar-refractivity contribution is 0.548. The van der Waals surface area contributed by atoms with E-state index in [1.54, 1.807) is 0 Å². The van der Waals surface area contributed by atoms with Crippen LogP contribution in [0, 0.1) is 0 Å². The largest absolute Gasteiger partial charge is 0.291 e. The van der Waals surface area contributed by atoms with E-state index in [9.17, 15) is 4.79 Å². The normalized spacial score (nSPS) is 10.5. The van der Waals surface area contributed by atoms with Crippen LogP contribution in [0.5, 0.6) is 0 Å². The van der Waals surface area contributed by atoms with Crippen molar-refractivity contribution in [2.24, 2.45) is 0 Å². The minimum absolute atomic E-state index is 0.620. The van der Waals surface area contributed by atoms with E-state index in [0.29, 0.717) is 6.42 Å². The Morgan fingerprint density at radius 2 is 1.47 bits per heavy atom. The van der Waals surface area contributed by atoms with E-state index in [2.05, 4.69) is 6.92 Å². The van der Waals surface area contributed by atoms with Crippen molar-refractivity contribution < 1.29 is 4.79 Å². The molecule has 0 rings (SSSR count). The van der Waals surface area contributed by atoms with E-state index in [-0.39, 0.29) is 0 Å². The maximum absolute atomic E-state index is 9.93. The second-order valence-corrected chi connectivity index (χ2v) is 6.09. The van der Waals surface area contributed by atoms with Crippen molar-refractivity contribution >= 4 is 29.8 Å². The average molecular weight is 247 g/mol. The molecule has 0 aliphatic heterocycles. The molecule has 0 heterocycles. The second-order valence-electron chi connectivity index (χ2n) is 3.47. The summed E-state index contributed by atoms with van der Waals surface area (Å²) in [6.07, 6.45) is 8.85. The van der Waals surface area contributed by atoms with Gasteiger partial charge in [-0.3, -0.25) is 4.79 Å². The van der Waals surface area contributed by atoms with E-state index < -0.39 is 0 Å². The molecule has 0 bridgehead atoms. The summed E-state index contributed by atoms with van der Waals surface area (Å²) in [6.45, 7) is 2.22. The van der Waals surface area contributed by atoms with Gasteiger partial charge in [0.25, 0.3) is 0 Å². The molecule has 0 aliphatic rings. The first-order chi connectivity index (χ1) is 7.41. The number of hydrogen-bond acceptors (Lipinski definition) is 3. The molecule has 0 spiro atoms. The Kier molecular flexibility index (Phi) is 14.7. The van der Waals surface area contributed by atoms with Crippen LogP contribution in [0.15, 0.2) is 0 Å². The quantitative estimate of drug-likeness (QED) is 0.487. The molecular weight excluding hydrogens is 224 g/mol. The third kappa shape index (κ3) is 14.4. The number of hydrogen-bond donors (Lipinski definition) is 0. The number of carbonyl (C=O) groups excluding carboxylic acids is 1. The van der Waals surface area contributed by atoms with Crippen molar-refractivity contribution in [2.75, 3.05) is 23.0 Å². The Hall–Kier alpha value is 0.370.